The van der Waals surface area contributed by atoms with Gasteiger partial charge in [0.15, 0.2) is 0 Å². The fourth-order valence-corrected chi connectivity index (χ4v) is 2.16. The number of benzene rings is 1. The number of nitro benzene ring substituents is 1. The molecule has 21 heavy (non-hydrogen) atoms. The number of aromatic nitrogens is 1. The van der Waals surface area contributed by atoms with Crippen molar-refractivity contribution >= 4 is 28.2 Å². The lowest BCUT2D eigenvalue weighted by Gasteiger charge is -2.17. The predicted molar refractivity (Wildman–Crippen MR) is 78.4 cm³/mol. The van der Waals surface area contributed by atoms with Gasteiger partial charge in [0.2, 0.25) is 0 Å². The summed E-state index contributed by atoms with van der Waals surface area (Å²) in [5.41, 5.74) is 0.872. The van der Waals surface area contributed by atoms with Gasteiger partial charge in [0.25, 0.3) is 5.69 Å². The van der Waals surface area contributed by atoms with Gasteiger partial charge in [-0.2, -0.15) is 0 Å². The van der Waals surface area contributed by atoms with E-state index in [0.717, 1.165) is 0 Å². The normalized spacial score (nSPS) is 12.0. The highest BCUT2D eigenvalue weighted by molar-refractivity contribution is 5.96. The van der Waals surface area contributed by atoms with Crippen molar-refractivity contribution < 1.29 is 14.8 Å². The molecular formula is C14H15N3O4. The Morgan fingerprint density at radius 3 is 2.86 bits per heavy atom. The van der Waals surface area contributed by atoms with Crippen LogP contribution in [0.5, 0.6) is 0 Å². The molecule has 0 aliphatic rings. The van der Waals surface area contributed by atoms with Crippen LogP contribution in [0.1, 0.15) is 19.8 Å². The molecule has 7 nitrogen and oxygen atoms in total. The van der Waals surface area contributed by atoms with Crippen molar-refractivity contribution in [3.05, 3.63) is 40.6 Å². The summed E-state index contributed by atoms with van der Waals surface area (Å²) in [6.07, 6.45) is 2.09. The van der Waals surface area contributed by atoms with Gasteiger partial charge in [-0.3, -0.25) is 14.9 Å². The number of hydrogen-bond acceptors (Lipinski definition) is 5. The zero-order chi connectivity index (χ0) is 15.4. The van der Waals surface area contributed by atoms with E-state index < -0.39 is 10.9 Å². The first-order valence-electron chi connectivity index (χ1n) is 6.53. The van der Waals surface area contributed by atoms with Crippen LogP contribution in [0.4, 0.5) is 11.4 Å². The summed E-state index contributed by atoms with van der Waals surface area (Å²) in [5, 5.41) is 23.6. The molecule has 0 saturated heterocycles. The number of carboxylic acids is 1. The van der Waals surface area contributed by atoms with Gasteiger partial charge in [-0.05, 0) is 12.5 Å². The number of anilines is 1. The van der Waals surface area contributed by atoms with E-state index in [1.807, 2.05) is 6.92 Å². The van der Waals surface area contributed by atoms with Gasteiger partial charge in [0.1, 0.15) is 5.52 Å². The van der Waals surface area contributed by atoms with Crippen LogP contribution in [0, 0.1) is 10.1 Å². The largest absolute Gasteiger partial charge is 0.481 e. The van der Waals surface area contributed by atoms with Crippen molar-refractivity contribution in [3.63, 3.8) is 0 Å². The fraction of sp³-hybridized carbons (Fsp3) is 0.286. The maximum Gasteiger partial charge on any atom is 0.305 e. The van der Waals surface area contributed by atoms with Crippen LogP contribution in [-0.4, -0.2) is 27.0 Å². The number of non-ortho nitro benzene ring substituents is 1. The van der Waals surface area contributed by atoms with E-state index in [1.165, 1.54) is 12.3 Å². The molecule has 0 amide bonds. The minimum Gasteiger partial charge on any atom is -0.481 e. The van der Waals surface area contributed by atoms with Crippen molar-refractivity contribution in [2.75, 3.05) is 5.32 Å². The predicted octanol–water partition coefficient (Wildman–Crippen LogP) is 2.81. The summed E-state index contributed by atoms with van der Waals surface area (Å²) in [6.45, 7) is 1.88. The van der Waals surface area contributed by atoms with Gasteiger partial charge in [0.05, 0.1) is 11.3 Å². The molecule has 110 valence electrons. The lowest BCUT2D eigenvalue weighted by atomic mass is 10.1. The van der Waals surface area contributed by atoms with Crippen molar-refractivity contribution in [1.29, 1.82) is 0 Å². The van der Waals surface area contributed by atoms with E-state index in [9.17, 15) is 14.9 Å². The minimum atomic E-state index is -0.890. The number of pyridine rings is 1. The zero-order valence-electron chi connectivity index (χ0n) is 11.4. The third-order valence-electron chi connectivity index (χ3n) is 3.22. The number of carbonyl (C=O) groups is 1. The Kier molecular flexibility index (Phi) is 4.32. The van der Waals surface area contributed by atoms with E-state index in [4.69, 9.17) is 5.11 Å². The molecule has 0 bridgehead atoms. The van der Waals surface area contributed by atoms with Crippen LogP contribution in [0.25, 0.3) is 10.9 Å². The molecule has 1 atom stereocenters. The highest BCUT2D eigenvalue weighted by Gasteiger charge is 2.16. The van der Waals surface area contributed by atoms with E-state index >= 15 is 0 Å². The summed E-state index contributed by atoms with van der Waals surface area (Å²) in [7, 11) is 0. The quantitative estimate of drug-likeness (QED) is 0.625. The van der Waals surface area contributed by atoms with Crippen molar-refractivity contribution in [2.45, 2.75) is 25.8 Å². The number of nitro groups is 1. The molecular weight excluding hydrogens is 274 g/mol. The van der Waals surface area contributed by atoms with Crippen LogP contribution in [0.15, 0.2) is 30.5 Å². The molecule has 1 aromatic heterocycles. The molecule has 0 aliphatic carbocycles. The number of fused-ring (bicyclic) bond motifs is 1. The van der Waals surface area contributed by atoms with E-state index in [1.54, 1.807) is 18.2 Å². The van der Waals surface area contributed by atoms with Gasteiger partial charge >= 0.3 is 5.97 Å². The Bertz CT molecular complexity index is 687. The van der Waals surface area contributed by atoms with Crippen molar-refractivity contribution in [1.82, 2.24) is 4.98 Å². The second kappa shape index (κ2) is 6.17. The monoisotopic (exact) mass is 289 g/mol. The zero-order valence-corrected chi connectivity index (χ0v) is 11.4. The van der Waals surface area contributed by atoms with Gasteiger partial charge < -0.3 is 10.4 Å². The third kappa shape index (κ3) is 3.25. The average molecular weight is 289 g/mol. The number of rotatable bonds is 6. The topological polar surface area (TPSA) is 105 Å². The van der Waals surface area contributed by atoms with Gasteiger partial charge in [-0.15, -0.1) is 0 Å². The maximum absolute atomic E-state index is 11.0. The number of nitrogens with zero attached hydrogens (tertiary/aromatic N) is 2. The average Bonchev–Trinajstić information content (AvgIpc) is 2.45. The highest BCUT2D eigenvalue weighted by Crippen LogP contribution is 2.29. The molecule has 7 heteroatoms. The van der Waals surface area contributed by atoms with Gasteiger partial charge in [0, 0.05) is 29.4 Å². The molecule has 2 rings (SSSR count). The van der Waals surface area contributed by atoms with E-state index in [0.29, 0.717) is 17.5 Å². The van der Waals surface area contributed by atoms with Gasteiger partial charge in [-0.1, -0.05) is 19.1 Å². The number of aliphatic carboxylic acids is 1. The molecule has 0 radical (unpaired) electrons. The Morgan fingerprint density at radius 1 is 1.48 bits per heavy atom. The fourth-order valence-electron chi connectivity index (χ4n) is 2.16. The summed E-state index contributed by atoms with van der Waals surface area (Å²) in [4.78, 5) is 25.4. The number of hydrogen-bond donors (Lipinski definition) is 2. The lowest BCUT2D eigenvalue weighted by molar-refractivity contribution is -0.383. The molecule has 0 fully saturated rings. The van der Waals surface area contributed by atoms with E-state index in [2.05, 4.69) is 10.3 Å². The molecule has 0 saturated carbocycles. The summed E-state index contributed by atoms with van der Waals surface area (Å²) in [5.74, 6) is -0.890. The third-order valence-corrected chi connectivity index (χ3v) is 3.22. The van der Waals surface area contributed by atoms with Crippen LogP contribution in [-0.2, 0) is 4.79 Å². The number of para-hydroxylation sites is 1. The van der Waals surface area contributed by atoms with E-state index in [-0.39, 0.29) is 23.7 Å². The maximum atomic E-state index is 11.0. The molecule has 2 aromatic rings. The summed E-state index contributed by atoms with van der Waals surface area (Å²) < 4.78 is 0. The molecule has 1 aromatic carbocycles. The Labute approximate surface area is 120 Å². The smallest absolute Gasteiger partial charge is 0.305 e. The number of carboxylic acid groups (broad SMARTS) is 1. The Hall–Kier alpha value is -2.70. The first-order chi connectivity index (χ1) is 10.0. The molecule has 2 N–H and O–H groups in total. The SMILES string of the molecule is CCC(CC(=O)O)Nc1ccnc2c([N+](=O)[O-])cccc12. The van der Waals surface area contributed by atoms with Crippen LogP contribution in [0.2, 0.25) is 0 Å². The standard InChI is InChI=1S/C14H15N3O4/c1-2-9(8-13(18)19)16-11-6-7-15-14-10(11)4-3-5-12(14)17(20)21/h3-7,9H,2,8H2,1H3,(H,15,16)(H,18,19). The number of nitrogens with one attached hydrogen (secondary N) is 1. The Balaban J connectivity index is 2.43. The summed E-state index contributed by atoms with van der Waals surface area (Å²) in [6, 6.07) is 6.16. The second-order valence-corrected chi connectivity index (χ2v) is 4.64. The molecule has 1 heterocycles. The van der Waals surface area contributed by atoms with Crippen molar-refractivity contribution in [2.24, 2.45) is 0 Å². The minimum absolute atomic E-state index is 0.0186. The second-order valence-electron chi connectivity index (χ2n) is 4.64. The molecule has 0 spiro atoms. The molecule has 0 aliphatic heterocycles. The van der Waals surface area contributed by atoms with Gasteiger partial charge in [-0.25, -0.2) is 4.98 Å². The first kappa shape index (κ1) is 14.7. The highest BCUT2D eigenvalue weighted by atomic mass is 16.6. The first-order valence-corrected chi connectivity index (χ1v) is 6.53. The lowest BCUT2D eigenvalue weighted by Crippen LogP contribution is -2.22. The molecule has 1 unspecified atom stereocenters. The summed E-state index contributed by atoms with van der Waals surface area (Å²) >= 11 is 0. The van der Waals surface area contributed by atoms with Crippen molar-refractivity contribution in [3.8, 4) is 0 Å². The van der Waals surface area contributed by atoms with Crippen LogP contribution in [0.3, 0.4) is 0 Å². The van der Waals surface area contributed by atoms with Crippen LogP contribution < -0.4 is 5.32 Å². The van der Waals surface area contributed by atoms with Crippen LogP contribution >= 0.6 is 0 Å². The Morgan fingerprint density at radius 2 is 2.24 bits per heavy atom.